The molecule has 21 heavy (non-hydrogen) atoms. The van der Waals surface area contributed by atoms with Gasteiger partial charge in [-0.25, -0.2) is 8.42 Å². The molecule has 0 aliphatic carbocycles. The molecular formula is C12H18ClN3O3S2. The first kappa shape index (κ1) is 16.7. The van der Waals surface area contributed by atoms with Gasteiger partial charge in [0.2, 0.25) is 5.91 Å². The van der Waals surface area contributed by atoms with Crippen LogP contribution in [0.15, 0.2) is 10.3 Å². The zero-order valence-electron chi connectivity index (χ0n) is 11.6. The second-order valence-electron chi connectivity index (χ2n) is 5.02. The Kier molecular flexibility index (Phi) is 5.26. The molecule has 6 nitrogen and oxygen atoms in total. The molecule has 1 aliphatic heterocycles. The molecule has 0 saturated carbocycles. The summed E-state index contributed by atoms with van der Waals surface area (Å²) in [5, 5.41) is 3.17. The Morgan fingerprint density at radius 2 is 2.14 bits per heavy atom. The lowest BCUT2D eigenvalue weighted by atomic mass is 10.1. The minimum atomic E-state index is -3.76. The molecule has 2 rings (SSSR count). The number of piperidine rings is 1. The summed E-state index contributed by atoms with van der Waals surface area (Å²) in [6, 6.07) is 1.32. The topological polar surface area (TPSA) is 92.5 Å². The number of primary amides is 1. The van der Waals surface area contributed by atoms with Crippen LogP contribution in [-0.2, 0) is 14.8 Å². The number of halogens is 1. The molecule has 1 saturated heterocycles. The summed E-state index contributed by atoms with van der Waals surface area (Å²) >= 11 is 6.97. The third-order valence-corrected chi connectivity index (χ3v) is 7.33. The maximum absolute atomic E-state index is 12.8. The molecule has 1 aliphatic rings. The Hall–Kier alpha value is -0.670. The fraction of sp³-hybridized carbons (Fsp3) is 0.583. The van der Waals surface area contributed by atoms with E-state index in [0.717, 1.165) is 24.4 Å². The number of rotatable bonds is 5. The van der Waals surface area contributed by atoms with E-state index in [9.17, 15) is 13.2 Å². The van der Waals surface area contributed by atoms with Crippen molar-refractivity contribution in [3.05, 3.63) is 16.0 Å². The highest BCUT2D eigenvalue weighted by Gasteiger charge is 2.34. The van der Waals surface area contributed by atoms with E-state index in [1.54, 1.807) is 6.92 Å². The van der Waals surface area contributed by atoms with Crippen LogP contribution >= 0.6 is 22.9 Å². The zero-order valence-corrected chi connectivity index (χ0v) is 14.0. The number of nitrogens with two attached hydrogens (primary N) is 1. The third kappa shape index (κ3) is 3.75. The number of sulfonamides is 1. The van der Waals surface area contributed by atoms with Crippen LogP contribution in [0.3, 0.4) is 0 Å². The van der Waals surface area contributed by atoms with E-state index >= 15 is 0 Å². The largest absolute Gasteiger partial charge is 0.369 e. The lowest BCUT2D eigenvalue weighted by molar-refractivity contribution is -0.118. The van der Waals surface area contributed by atoms with Crippen molar-refractivity contribution in [2.24, 2.45) is 5.73 Å². The fourth-order valence-electron chi connectivity index (χ4n) is 2.33. The van der Waals surface area contributed by atoms with Gasteiger partial charge in [-0.05, 0) is 44.5 Å². The molecule has 0 bridgehead atoms. The van der Waals surface area contributed by atoms with Crippen molar-refractivity contribution in [1.82, 2.24) is 9.62 Å². The molecule has 0 aromatic carbocycles. The maximum Gasteiger partial charge on any atom is 0.253 e. The van der Waals surface area contributed by atoms with Gasteiger partial charge in [0.25, 0.3) is 10.0 Å². The van der Waals surface area contributed by atoms with Gasteiger partial charge in [-0.3, -0.25) is 4.79 Å². The van der Waals surface area contributed by atoms with E-state index in [-0.39, 0.29) is 16.8 Å². The Morgan fingerprint density at radius 1 is 1.52 bits per heavy atom. The van der Waals surface area contributed by atoms with Crippen LogP contribution in [0.5, 0.6) is 0 Å². The summed E-state index contributed by atoms with van der Waals surface area (Å²) in [6.07, 6.45) is 1.31. The second-order valence-corrected chi connectivity index (χ2v) is 8.79. The minimum Gasteiger partial charge on any atom is -0.369 e. The standard InChI is InChI=1S/C12H18ClN3O3S2/c1-8-6-11(20-12(8)13)21(18,19)16(7-10(14)17)9-2-4-15-5-3-9/h6,9,15H,2-5,7H2,1H3,(H2,14,17). The maximum atomic E-state index is 12.8. The molecule has 0 atom stereocenters. The van der Waals surface area contributed by atoms with E-state index < -0.39 is 15.9 Å². The van der Waals surface area contributed by atoms with Gasteiger partial charge in [-0.15, -0.1) is 11.3 Å². The highest BCUT2D eigenvalue weighted by Crippen LogP contribution is 2.33. The van der Waals surface area contributed by atoms with Crippen LogP contribution in [0.25, 0.3) is 0 Å². The first-order valence-corrected chi connectivity index (χ1v) is 9.22. The number of nitrogens with zero attached hydrogens (tertiary/aromatic N) is 1. The van der Waals surface area contributed by atoms with Crippen LogP contribution in [0.1, 0.15) is 18.4 Å². The Labute approximate surface area is 133 Å². The molecule has 2 heterocycles. The van der Waals surface area contributed by atoms with Crippen LogP contribution in [-0.4, -0.2) is 44.3 Å². The Morgan fingerprint density at radius 3 is 2.62 bits per heavy atom. The van der Waals surface area contributed by atoms with Gasteiger partial charge in [-0.1, -0.05) is 11.6 Å². The summed E-state index contributed by atoms with van der Waals surface area (Å²) in [5.41, 5.74) is 5.94. The number of aryl methyl sites for hydroxylation is 1. The predicted octanol–water partition coefficient (Wildman–Crippen LogP) is 0.938. The molecule has 0 unspecified atom stereocenters. The fourth-order valence-corrected chi connectivity index (χ4v) is 5.82. The summed E-state index contributed by atoms with van der Waals surface area (Å²) in [4.78, 5) is 11.3. The number of carbonyl (C=O) groups excluding carboxylic acids is 1. The quantitative estimate of drug-likeness (QED) is 0.825. The molecule has 0 spiro atoms. The van der Waals surface area contributed by atoms with Crippen molar-refractivity contribution in [2.45, 2.75) is 30.0 Å². The monoisotopic (exact) mass is 351 g/mol. The Bertz CT molecular complexity index is 604. The number of nitrogens with one attached hydrogen (secondary N) is 1. The molecular weight excluding hydrogens is 334 g/mol. The lowest BCUT2D eigenvalue weighted by Gasteiger charge is -2.32. The number of carbonyl (C=O) groups is 1. The van der Waals surface area contributed by atoms with E-state index in [0.29, 0.717) is 22.7 Å². The first-order chi connectivity index (χ1) is 9.82. The smallest absolute Gasteiger partial charge is 0.253 e. The Balaban J connectivity index is 2.35. The number of hydrogen-bond acceptors (Lipinski definition) is 5. The van der Waals surface area contributed by atoms with E-state index in [2.05, 4.69) is 5.32 Å². The van der Waals surface area contributed by atoms with E-state index in [4.69, 9.17) is 17.3 Å². The zero-order chi connectivity index (χ0) is 15.6. The van der Waals surface area contributed by atoms with Crippen molar-refractivity contribution in [1.29, 1.82) is 0 Å². The van der Waals surface area contributed by atoms with Gasteiger partial charge in [0.15, 0.2) is 0 Å². The van der Waals surface area contributed by atoms with E-state index in [1.807, 2.05) is 0 Å². The van der Waals surface area contributed by atoms with Gasteiger partial charge in [0.1, 0.15) is 4.21 Å². The van der Waals surface area contributed by atoms with Gasteiger partial charge in [-0.2, -0.15) is 4.31 Å². The predicted molar refractivity (Wildman–Crippen MR) is 83.0 cm³/mol. The molecule has 0 radical (unpaired) electrons. The van der Waals surface area contributed by atoms with Crippen molar-refractivity contribution in [3.63, 3.8) is 0 Å². The minimum absolute atomic E-state index is 0.157. The molecule has 3 N–H and O–H groups in total. The molecule has 1 aromatic rings. The third-order valence-electron chi connectivity index (χ3n) is 3.43. The van der Waals surface area contributed by atoms with Gasteiger partial charge < -0.3 is 11.1 Å². The van der Waals surface area contributed by atoms with Crippen molar-refractivity contribution in [2.75, 3.05) is 19.6 Å². The molecule has 1 fully saturated rings. The molecule has 118 valence electrons. The van der Waals surface area contributed by atoms with Gasteiger partial charge in [0, 0.05) is 6.04 Å². The highest BCUT2D eigenvalue weighted by molar-refractivity contribution is 7.91. The number of hydrogen-bond donors (Lipinski definition) is 2. The average Bonchev–Trinajstić information content (AvgIpc) is 2.77. The highest BCUT2D eigenvalue weighted by atomic mass is 35.5. The van der Waals surface area contributed by atoms with E-state index in [1.165, 1.54) is 10.4 Å². The molecule has 1 amide bonds. The van der Waals surface area contributed by atoms with Crippen molar-refractivity contribution >= 4 is 38.9 Å². The summed E-state index contributed by atoms with van der Waals surface area (Å²) in [7, 11) is -3.76. The molecule has 9 heteroatoms. The number of amides is 1. The second kappa shape index (κ2) is 6.62. The SMILES string of the molecule is Cc1cc(S(=O)(=O)N(CC(N)=O)C2CCNCC2)sc1Cl. The van der Waals surface area contributed by atoms with Gasteiger partial charge >= 0.3 is 0 Å². The van der Waals surface area contributed by atoms with Crippen molar-refractivity contribution in [3.8, 4) is 0 Å². The van der Waals surface area contributed by atoms with Crippen LogP contribution in [0.2, 0.25) is 4.34 Å². The van der Waals surface area contributed by atoms with Gasteiger partial charge in [0.05, 0.1) is 10.9 Å². The lowest BCUT2D eigenvalue weighted by Crippen LogP contribution is -2.49. The van der Waals surface area contributed by atoms with Crippen LogP contribution in [0.4, 0.5) is 0 Å². The van der Waals surface area contributed by atoms with Crippen molar-refractivity contribution < 1.29 is 13.2 Å². The number of thiophene rings is 1. The first-order valence-electron chi connectivity index (χ1n) is 6.59. The summed E-state index contributed by atoms with van der Waals surface area (Å²) < 4.78 is 27.4. The average molecular weight is 352 g/mol. The normalized spacial score (nSPS) is 17.3. The van der Waals surface area contributed by atoms with Crippen LogP contribution < -0.4 is 11.1 Å². The summed E-state index contributed by atoms with van der Waals surface area (Å²) in [5.74, 6) is -0.656. The molecule has 1 aromatic heterocycles. The summed E-state index contributed by atoms with van der Waals surface area (Å²) in [6.45, 7) is 2.89. The van der Waals surface area contributed by atoms with Crippen LogP contribution in [0, 0.1) is 6.92 Å².